The third-order valence-corrected chi connectivity index (χ3v) is 4.78. The summed E-state index contributed by atoms with van der Waals surface area (Å²) in [5.74, 6) is 0.458. The number of nitrogens with one attached hydrogen (secondary N) is 1. The van der Waals surface area contributed by atoms with Crippen molar-refractivity contribution in [3.05, 3.63) is 34.1 Å². The van der Waals surface area contributed by atoms with Gasteiger partial charge in [0, 0.05) is 19.8 Å². The van der Waals surface area contributed by atoms with Crippen LogP contribution in [0.3, 0.4) is 0 Å². The molecule has 1 heterocycles. The Kier molecular flexibility index (Phi) is 6.20. The van der Waals surface area contributed by atoms with E-state index < -0.39 is 0 Å². The lowest BCUT2D eigenvalue weighted by molar-refractivity contribution is 0.0147. The smallest absolute Gasteiger partial charge is 0.137 e. The molecule has 0 saturated carbocycles. The molecule has 1 aliphatic heterocycles. The van der Waals surface area contributed by atoms with E-state index in [-0.39, 0.29) is 11.2 Å². The zero-order valence-electron chi connectivity index (χ0n) is 12.9. The van der Waals surface area contributed by atoms with Crippen LogP contribution in [0.25, 0.3) is 0 Å². The third-order valence-electron chi connectivity index (χ3n) is 4.17. The molecule has 0 atom stereocenters. The first kappa shape index (κ1) is 16.9. The minimum absolute atomic E-state index is 0.197. The molecule has 0 aromatic heterocycles. The van der Waals surface area contributed by atoms with Gasteiger partial charge in [-0.3, -0.25) is 0 Å². The van der Waals surface area contributed by atoms with Crippen LogP contribution < -0.4 is 5.32 Å². The molecule has 1 aliphatic rings. The Morgan fingerprint density at radius 2 is 2.05 bits per heavy atom. The Morgan fingerprint density at radius 3 is 2.67 bits per heavy atom. The molecule has 0 bridgehead atoms. The molecule has 1 saturated heterocycles. The van der Waals surface area contributed by atoms with Gasteiger partial charge in [-0.05, 0) is 70.8 Å². The normalized spacial score (nSPS) is 18.1. The second-order valence-electron chi connectivity index (χ2n) is 6.56. The van der Waals surface area contributed by atoms with Crippen molar-refractivity contribution < 1.29 is 9.13 Å². The van der Waals surface area contributed by atoms with Crippen LogP contribution >= 0.6 is 15.9 Å². The Labute approximate surface area is 135 Å². The van der Waals surface area contributed by atoms with Crippen molar-refractivity contribution in [2.24, 2.45) is 11.3 Å². The summed E-state index contributed by atoms with van der Waals surface area (Å²) in [7, 11) is 0. The van der Waals surface area contributed by atoms with E-state index in [4.69, 9.17) is 4.74 Å². The molecule has 0 aliphatic carbocycles. The summed E-state index contributed by atoms with van der Waals surface area (Å²) in [6.45, 7) is 8.14. The Hall–Kier alpha value is -0.450. The molecular formula is C17H25BrFNO. The van der Waals surface area contributed by atoms with Crippen LogP contribution in [0.4, 0.5) is 4.39 Å². The summed E-state index contributed by atoms with van der Waals surface area (Å²) < 4.78 is 19.5. The molecular weight excluding hydrogens is 333 g/mol. The number of hydrogen-bond acceptors (Lipinski definition) is 2. The van der Waals surface area contributed by atoms with Crippen LogP contribution in [0.15, 0.2) is 22.7 Å². The molecule has 4 heteroatoms. The highest BCUT2D eigenvalue weighted by Gasteiger charge is 2.32. The standard InChI is InChI=1S/C17H25BrFNO/c1-13(2)11-20-12-17(5-7-21-8-6-17)10-14-3-4-16(19)15(18)9-14/h3-4,9,13,20H,5-8,10-12H2,1-2H3. The molecule has 2 nitrogen and oxygen atoms in total. The number of rotatable bonds is 6. The average molecular weight is 358 g/mol. The van der Waals surface area contributed by atoms with Crippen LogP contribution in [0.1, 0.15) is 32.3 Å². The van der Waals surface area contributed by atoms with E-state index in [2.05, 4.69) is 35.1 Å². The van der Waals surface area contributed by atoms with E-state index in [0.29, 0.717) is 10.4 Å². The van der Waals surface area contributed by atoms with Gasteiger partial charge in [-0.25, -0.2) is 4.39 Å². The van der Waals surface area contributed by atoms with Crippen LogP contribution in [0.5, 0.6) is 0 Å². The molecule has 1 aromatic carbocycles. The van der Waals surface area contributed by atoms with Crippen LogP contribution in [0.2, 0.25) is 0 Å². The van der Waals surface area contributed by atoms with E-state index in [1.165, 1.54) is 5.56 Å². The van der Waals surface area contributed by atoms with E-state index >= 15 is 0 Å². The summed E-state index contributed by atoms with van der Waals surface area (Å²) in [5.41, 5.74) is 1.42. The van der Waals surface area contributed by atoms with Crippen molar-refractivity contribution in [3.63, 3.8) is 0 Å². The average Bonchev–Trinajstić information content (AvgIpc) is 2.43. The summed E-state index contributed by atoms with van der Waals surface area (Å²) >= 11 is 3.28. The highest BCUT2D eigenvalue weighted by molar-refractivity contribution is 9.10. The fourth-order valence-electron chi connectivity index (χ4n) is 2.93. The van der Waals surface area contributed by atoms with Gasteiger partial charge in [0.25, 0.3) is 0 Å². The van der Waals surface area contributed by atoms with Gasteiger partial charge in [-0.15, -0.1) is 0 Å². The third kappa shape index (κ3) is 5.04. The SMILES string of the molecule is CC(C)CNCC1(Cc2ccc(F)c(Br)c2)CCOCC1. The molecule has 0 amide bonds. The molecule has 118 valence electrons. The number of ether oxygens (including phenoxy) is 1. The first-order valence-electron chi connectivity index (χ1n) is 7.73. The monoisotopic (exact) mass is 357 g/mol. The van der Waals surface area contributed by atoms with Crippen molar-refractivity contribution in [3.8, 4) is 0 Å². The highest BCUT2D eigenvalue weighted by atomic mass is 79.9. The zero-order chi connectivity index (χ0) is 15.3. The van der Waals surface area contributed by atoms with Crippen molar-refractivity contribution in [1.82, 2.24) is 5.32 Å². The molecule has 1 aromatic rings. The van der Waals surface area contributed by atoms with Crippen molar-refractivity contribution in [1.29, 1.82) is 0 Å². The van der Waals surface area contributed by atoms with Gasteiger partial charge in [-0.1, -0.05) is 19.9 Å². The van der Waals surface area contributed by atoms with Gasteiger partial charge in [0.15, 0.2) is 0 Å². The molecule has 0 radical (unpaired) electrons. The van der Waals surface area contributed by atoms with Gasteiger partial charge < -0.3 is 10.1 Å². The number of halogens is 2. The molecule has 2 rings (SSSR count). The maximum atomic E-state index is 13.4. The first-order valence-corrected chi connectivity index (χ1v) is 8.52. The lowest BCUT2D eigenvalue weighted by Gasteiger charge is -2.38. The van der Waals surface area contributed by atoms with E-state index in [1.807, 2.05) is 12.1 Å². The maximum absolute atomic E-state index is 13.4. The predicted molar refractivity (Wildman–Crippen MR) is 88.0 cm³/mol. The van der Waals surface area contributed by atoms with Crippen LogP contribution in [-0.4, -0.2) is 26.3 Å². The first-order chi connectivity index (χ1) is 10.0. The minimum Gasteiger partial charge on any atom is -0.381 e. The predicted octanol–water partition coefficient (Wildman–Crippen LogP) is 4.17. The highest BCUT2D eigenvalue weighted by Crippen LogP contribution is 2.34. The van der Waals surface area contributed by atoms with Crippen LogP contribution in [0, 0.1) is 17.2 Å². The maximum Gasteiger partial charge on any atom is 0.137 e. The largest absolute Gasteiger partial charge is 0.381 e. The summed E-state index contributed by atoms with van der Waals surface area (Å²) in [4.78, 5) is 0. The second-order valence-corrected chi connectivity index (χ2v) is 7.42. The minimum atomic E-state index is -0.197. The summed E-state index contributed by atoms with van der Waals surface area (Å²) in [5, 5.41) is 3.60. The van der Waals surface area contributed by atoms with Gasteiger partial charge in [0.2, 0.25) is 0 Å². The van der Waals surface area contributed by atoms with Gasteiger partial charge in [-0.2, -0.15) is 0 Å². The summed E-state index contributed by atoms with van der Waals surface area (Å²) in [6.07, 6.45) is 3.10. The molecule has 0 spiro atoms. The van der Waals surface area contributed by atoms with E-state index in [9.17, 15) is 4.39 Å². The topological polar surface area (TPSA) is 21.3 Å². The van der Waals surface area contributed by atoms with Crippen molar-refractivity contribution >= 4 is 15.9 Å². The van der Waals surface area contributed by atoms with E-state index in [1.54, 1.807) is 6.07 Å². The molecule has 1 N–H and O–H groups in total. The molecule has 0 unspecified atom stereocenters. The lowest BCUT2D eigenvalue weighted by Crippen LogP contribution is -2.41. The summed E-state index contributed by atoms with van der Waals surface area (Å²) in [6, 6.07) is 5.36. The Morgan fingerprint density at radius 1 is 1.33 bits per heavy atom. The fraction of sp³-hybridized carbons (Fsp3) is 0.647. The van der Waals surface area contributed by atoms with E-state index in [0.717, 1.165) is 45.6 Å². The Balaban J connectivity index is 2.05. The number of benzene rings is 1. The van der Waals surface area contributed by atoms with Gasteiger partial charge >= 0.3 is 0 Å². The lowest BCUT2D eigenvalue weighted by atomic mass is 9.75. The second kappa shape index (κ2) is 7.70. The quantitative estimate of drug-likeness (QED) is 0.824. The van der Waals surface area contributed by atoms with Crippen molar-refractivity contribution in [2.75, 3.05) is 26.3 Å². The molecule has 21 heavy (non-hydrogen) atoms. The molecule has 1 fully saturated rings. The Bertz CT molecular complexity index is 458. The zero-order valence-corrected chi connectivity index (χ0v) is 14.5. The van der Waals surface area contributed by atoms with Gasteiger partial charge in [0.1, 0.15) is 5.82 Å². The fourth-order valence-corrected chi connectivity index (χ4v) is 3.36. The van der Waals surface area contributed by atoms with Gasteiger partial charge in [0.05, 0.1) is 4.47 Å². The van der Waals surface area contributed by atoms with Crippen LogP contribution in [-0.2, 0) is 11.2 Å². The van der Waals surface area contributed by atoms with Crippen molar-refractivity contribution in [2.45, 2.75) is 33.1 Å². The number of hydrogen-bond donors (Lipinski definition) is 1.